The predicted molar refractivity (Wildman–Crippen MR) is 230 cm³/mol. The quantitative estimate of drug-likeness (QED) is 0.0821. The lowest BCUT2D eigenvalue weighted by atomic mass is 9.86. The lowest BCUT2D eigenvalue weighted by Crippen LogP contribution is -2.25. The fourth-order valence-corrected chi connectivity index (χ4v) is 8.96. The van der Waals surface area contributed by atoms with E-state index in [9.17, 15) is 20.0 Å². The van der Waals surface area contributed by atoms with E-state index in [1.807, 2.05) is 19.1 Å². The smallest absolute Gasteiger partial charge is 0.300 e. The van der Waals surface area contributed by atoms with Gasteiger partial charge in [-0.15, -0.1) is 0 Å². The Balaban J connectivity index is 0.948. The van der Waals surface area contributed by atoms with Crippen molar-refractivity contribution in [2.24, 2.45) is 26.8 Å². The normalized spacial score (nSPS) is 20.9. The van der Waals surface area contributed by atoms with Crippen LogP contribution < -0.4 is 16.0 Å². The van der Waals surface area contributed by atoms with E-state index < -0.39 is 4.92 Å². The first-order valence-corrected chi connectivity index (χ1v) is 20.5. The Morgan fingerprint density at radius 1 is 1.00 bits per heavy atom. The number of benzene rings is 1. The van der Waals surface area contributed by atoms with E-state index in [1.165, 1.54) is 6.07 Å². The van der Waals surface area contributed by atoms with E-state index in [0.29, 0.717) is 49.3 Å². The third-order valence-corrected chi connectivity index (χ3v) is 12.3. The Kier molecular flexibility index (Phi) is 10.7. The van der Waals surface area contributed by atoms with Gasteiger partial charge >= 0.3 is 5.69 Å². The van der Waals surface area contributed by atoms with Gasteiger partial charge < -0.3 is 21.1 Å². The van der Waals surface area contributed by atoms with Crippen LogP contribution in [-0.2, 0) is 4.79 Å². The van der Waals surface area contributed by atoms with Crippen LogP contribution in [0.15, 0.2) is 136 Å². The summed E-state index contributed by atoms with van der Waals surface area (Å²) in [6, 6.07) is 3.02. The zero-order chi connectivity index (χ0) is 41.5. The van der Waals surface area contributed by atoms with Crippen molar-refractivity contribution in [3.05, 3.63) is 126 Å². The highest BCUT2D eigenvalue weighted by Crippen LogP contribution is 2.46. The largest absolute Gasteiger partial charge is 0.511 e. The number of nitrogens with zero attached hydrogens (tertiary/aromatic N) is 6. The number of allylic oxidation sites excluding steroid dienone is 12. The zero-order valence-corrected chi connectivity index (χ0v) is 34.2. The number of aliphatic hydroxyl groups excluding tert-OH is 1. The topological polar surface area (TPSA) is 193 Å². The molecule has 14 heteroatoms. The fourth-order valence-electron chi connectivity index (χ4n) is 8.96. The molecule has 0 spiro atoms. The average molecular weight is 796 g/mol. The number of aliphatic imine (C=N–C) groups is 3. The van der Waals surface area contributed by atoms with Gasteiger partial charge in [0.2, 0.25) is 11.4 Å². The highest BCUT2D eigenvalue weighted by Gasteiger charge is 2.41. The van der Waals surface area contributed by atoms with Gasteiger partial charge in [0.05, 0.1) is 44.8 Å². The molecule has 2 aromatic rings. The van der Waals surface area contributed by atoms with Gasteiger partial charge in [-0.3, -0.25) is 14.9 Å². The van der Waals surface area contributed by atoms with Crippen molar-refractivity contribution in [2.75, 3.05) is 18.4 Å². The van der Waals surface area contributed by atoms with Gasteiger partial charge in [-0.2, -0.15) is 0 Å². The summed E-state index contributed by atoms with van der Waals surface area (Å²) < 4.78 is 4.74. The maximum atomic E-state index is 13.3. The first kappa shape index (κ1) is 39.4. The van der Waals surface area contributed by atoms with Crippen LogP contribution in [-0.4, -0.2) is 56.5 Å². The van der Waals surface area contributed by atoms with Crippen molar-refractivity contribution in [3.8, 4) is 0 Å². The molecule has 6 heterocycles. The summed E-state index contributed by atoms with van der Waals surface area (Å²) in [6.45, 7) is 15.9. The van der Waals surface area contributed by atoms with Crippen LogP contribution in [0.1, 0.15) is 86.0 Å². The predicted octanol–water partition coefficient (Wildman–Crippen LogP) is 8.86. The van der Waals surface area contributed by atoms with Crippen LogP contribution in [0.25, 0.3) is 11.0 Å². The lowest BCUT2D eigenvalue weighted by molar-refractivity contribution is -0.383. The van der Waals surface area contributed by atoms with Gasteiger partial charge in [-0.05, 0) is 103 Å². The summed E-state index contributed by atoms with van der Waals surface area (Å²) in [5.41, 5.74) is 15.0. The average Bonchev–Trinajstić information content (AvgIpc) is 4.05. The highest BCUT2D eigenvalue weighted by molar-refractivity contribution is 6.21. The number of aliphatic hydroxyl groups is 1. The molecule has 0 saturated carbocycles. The molecular formula is C45H49N9O5. The van der Waals surface area contributed by atoms with Crippen molar-refractivity contribution < 1.29 is 19.5 Å². The summed E-state index contributed by atoms with van der Waals surface area (Å²) in [4.78, 5) is 39.4. The molecule has 8 bridgehead atoms. The van der Waals surface area contributed by atoms with Crippen LogP contribution in [0.3, 0.4) is 0 Å². The molecule has 4 N–H and O–H groups in total. The maximum absolute atomic E-state index is 13.3. The minimum atomic E-state index is -0.504. The highest BCUT2D eigenvalue weighted by atomic mass is 16.6. The molecule has 59 heavy (non-hydrogen) atoms. The Hall–Kier alpha value is -6.44. The first-order valence-electron chi connectivity index (χ1n) is 20.5. The van der Waals surface area contributed by atoms with Crippen LogP contribution in [0.2, 0.25) is 0 Å². The van der Waals surface area contributed by atoms with E-state index >= 15 is 0 Å². The van der Waals surface area contributed by atoms with Crippen molar-refractivity contribution in [3.63, 3.8) is 0 Å². The number of rotatable bonds is 14. The molecule has 0 radical (unpaired) electrons. The molecule has 2 atom stereocenters. The number of non-ortho nitro benzene ring substituents is 1. The van der Waals surface area contributed by atoms with Gasteiger partial charge in [-0.25, -0.2) is 19.6 Å². The van der Waals surface area contributed by atoms with Gasteiger partial charge in [0.25, 0.3) is 0 Å². The summed E-state index contributed by atoms with van der Waals surface area (Å²) in [7, 11) is 0. The lowest BCUT2D eigenvalue weighted by Gasteiger charge is -2.18. The molecule has 0 unspecified atom stereocenters. The second-order valence-electron chi connectivity index (χ2n) is 15.8. The van der Waals surface area contributed by atoms with Crippen molar-refractivity contribution in [2.45, 2.75) is 86.0 Å². The molecule has 1 aliphatic carbocycles. The zero-order valence-electron chi connectivity index (χ0n) is 34.2. The molecule has 5 aliphatic heterocycles. The number of carbonyl (C=O) groups is 1. The molecular weight excluding hydrogens is 747 g/mol. The number of nitro groups is 1. The molecule has 1 aromatic carbocycles. The number of hydrogen-bond donors (Lipinski definition) is 4. The van der Waals surface area contributed by atoms with E-state index in [0.717, 1.165) is 117 Å². The van der Waals surface area contributed by atoms with Gasteiger partial charge in [0, 0.05) is 71.9 Å². The Labute approximate surface area is 342 Å². The number of nitro benzene ring substituents is 1. The van der Waals surface area contributed by atoms with E-state index in [1.54, 1.807) is 6.07 Å². The number of unbranched alkanes of at least 4 members (excludes halogenated alkanes) is 3. The Morgan fingerprint density at radius 3 is 2.51 bits per heavy atom. The fraction of sp³-hybridized carbons (Fsp3) is 0.378. The monoisotopic (exact) mass is 795 g/mol. The number of nitrogens with one attached hydrogen (secondary N) is 3. The van der Waals surface area contributed by atoms with Crippen molar-refractivity contribution >= 4 is 45.5 Å². The molecule has 304 valence electrons. The third kappa shape index (κ3) is 7.21. The number of hydrogen-bond acceptors (Lipinski definition) is 12. The number of carbonyl (C=O) groups excluding carboxylic acids is 1. The van der Waals surface area contributed by atoms with Gasteiger partial charge in [-0.1, -0.05) is 39.3 Å². The number of anilines is 1. The molecule has 14 nitrogen and oxygen atoms in total. The van der Waals surface area contributed by atoms with Crippen molar-refractivity contribution in [1.82, 2.24) is 20.9 Å². The molecule has 6 aliphatic rings. The standard InChI is InChI=1S/C45H49N9O5/c1-7-27-23(3)32-20-34-25(5)29(13-16-40(56)47-18-12-10-9-11-17-46-31-14-15-38(54(57)58)45-44(31)52-59-53-45)42(50-34)30-19-39(55)41-26(6)35(51-43(30)41)22-37-28(8-2)24(4)33(49-37)21-36(27)48-32/h7,14-15,20-22,25,29,46,50,55H,1,8-13,16-19H2,2-6H3,(H,47,56)/t25-,29-/m0/s1. The van der Waals surface area contributed by atoms with Crippen molar-refractivity contribution in [1.29, 1.82) is 0 Å². The van der Waals surface area contributed by atoms with E-state index in [2.05, 4.69) is 72.7 Å². The molecule has 1 aromatic heterocycles. The summed E-state index contributed by atoms with van der Waals surface area (Å²) in [5, 5.41) is 40.3. The second kappa shape index (κ2) is 16.1. The maximum Gasteiger partial charge on any atom is 0.300 e. The Morgan fingerprint density at radius 2 is 1.75 bits per heavy atom. The van der Waals surface area contributed by atoms with Gasteiger partial charge in [0.1, 0.15) is 5.76 Å². The molecule has 1 fully saturated rings. The van der Waals surface area contributed by atoms with Gasteiger partial charge in [0.15, 0.2) is 5.52 Å². The minimum Gasteiger partial charge on any atom is -0.511 e. The SMILES string of the molecule is C=CC1=C(C)C2=NC1=CC1=NC(=CC3=C(C)C4=C(O)CC(=C5NC(=C2)[C@@H](C)[C@@H]5CCC(=O)NCCCCCCNc2ccc([N+](=O)[O-])c5nonc25)C4=N3)C(CC)=C1C. The summed E-state index contributed by atoms with van der Waals surface area (Å²) in [6.07, 6.45) is 13.9. The molecule has 1 saturated heterocycles. The number of amides is 1. The Bertz CT molecular complexity index is 2570. The summed E-state index contributed by atoms with van der Waals surface area (Å²) in [5.74, 6) is 0.366. The number of fused-ring (bicyclic) bond motifs is 6. The second-order valence-corrected chi connectivity index (χ2v) is 15.8. The molecule has 8 rings (SSSR count). The number of aromatic nitrogens is 2. The minimum absolute atomic E-state index is 0.00761. The van der Waals surface area contributed by atoms with Crippen LogP contribution >= 0.6 is 0 Å². The van der Waals surface area contributed by atoms with Crippen LogP contribution in [0.4, 0.5) is 11.4 Å². The van der Waals surface area contributed by atoms with Crippen LogP contribution in [0.5, 0.6) is 0 Å². The van der Waals surface area contributed by atoms with Crippen LogP contribution in [0, 0.1) is 22.0 Å². The van der Waals surface area contributed by atoms with E-state index in [-0.39, 0.29) is 28.9 Å². The van der Waals surface area contributed by atoms with E-state index in [4.69, 9.17) is 19.6 Å². The molecule has 1 amide bonds. The summed E-state index contributed by atoms with van der Waals surface area (Å²) >= 11 is 0. The third-order valence-electron chi connectivity index (χ3n) is 12.3. The first-order chi connectivity index (χ1) is 28.5.